The van der Waals surface area contributed by atoms with Gasteiger partial charge >= 0.3 is 0 Å². The van der Waals surface area contributed by atoms with Crippen LogP contribution in [0.1, 0.15) is 11.7 Å². The number of benzene rings is 1. The summed E-state index contributed by atoms with van der Waals surface area (Å²) in [6.45, 7) is 7.01. The van der Waals surface area contributed by atoms with E-state index in [-0.39, 0.29) is 0 Å². The third-order valence-electron chi connectivity index (χ3n) is 2.44. The zero-order chi connectivity index (χ0) is 10.9. The fraction of sp³-hybridized carbons (Fsp3) is 0.385. The van der Waals surface area contributed by atoms with E-state index in [0.717, 1.165) is 0 Å². The Morgan fingerprint density at radius 2 is 1.80 bits per heavy atom. The lowest BCUT2D eigenvalue weighted by molar-refractivity contribution is 0.394. The molecule has 2 atom stereocenters. The van der Waals surface area contributed by atoms with Crippen molar-refractivity contribution in [2.75, 3.05) is 0 Å². The molecule has 1 aliphatic heterocycles. The van der Waals surface area contributed by atoms with E-state index in [0.29, 0.717) is 12.2 Å². The molecule has 0 saturated carbocycles. The molecule has 15 heavy (non-hydrogen) atoms. The molecule has 0 N–H and O–H groups in total. The molecule has 2 heteroatoms. The second-order valence-corrected chi connectivity index (χ2v) is 10.2. The molecule has 1 saturated heterocycles. The first-order chi connectivity index (χ1) is 7.06. The highest BCUT2D eigenvalue weighted by Gasteiger charge is 2.37. The Morgan fingerprint density at radius 1 is 1.13 bits per heavy atom. The molecule has 2 rings (SSSR count). The van der Waals surface area contributed by atoms with Crippen molar-refractivity contribution in [3.8, 4) is 0 Å². The molecule has 1 fully saturated rings. The second kappa shape index (κ2) is 3.95. The van der Waals surface area contributed by atoms with Crippen molar-refractivity contribution < 1.29 is 4.74 Å². The van der Waals surface area contributed by atoms with Crippen molar-refractivity contribution in [2.45, 2.75) is 31.8 Å². The zero-order valence-corrected chi connectivity index (χ0v) is 10.6. The minimum absolute atomic E-state index is 0.304. The molecule has 1 aromatic carbocycles. The van der Waals surface area contributed by atoms with Gasteiger partial charge in [-0.05, 0) is 5.56 Å². The Hall–Kier alpha value is -0.863. The predicted molar refractivity (Wildman–Crippen MR) is 66.5 cm³/mol. The Bertz CT molecular complexity index is 351. The average molecular weight is 218 g/mol. The van der Waals surface area contributed by atoms with Crippen LogP contribution < -0.4 is 0 Å². The van der Waals surface area contributed by atoms with Crippen molar-refractivity contribution in [1.29, 1.82) is 0 Å². The van der Waals surface area contributed by atoms with Gasteiger partial charge in [0.2, 0.25) is 0 Å². The minimum atomic E-state index is -1.07. The summed E-state index contributed by atoms with van der Waals surface area (Å²) in [7, 11) is -1.07. The predicted octanol–water partition coefficient (Wildman–Crippen LogP) is 3.56. The monoisotopic (exact) mass is 218 g/mol. The van der Waals surface area contributed by atoms with Crippen molar-refractivity contribution in [1.82, 2.24) is 0 Å². The average Bonchev–Trinajstić information content (AvgIpc) is 2.94. The molecule has 0 spiro atoms. The summed E-state index contributed by atoms with van der Waals surface area (Å²) in [5.74, 6) is 0. The Balaban J connectivity index is 1.95. The molecule has 0 aliphatic carbocycles. The summed E-state index contributed by atoms with van der Waals surface area (Å²) >= 11 is 0. The van der Waals surface area contributed by atoms with Gasteiger partial charge in [0.15, 0.2) is 0 Å². The highest BCUT2D eigenvalue weighted by molar-refractivity contribution is 6.80. The lowest BCUT2D eigenvalue weighted by Crippen LogP contribution is -2.15. The summed E-state index contributed by atoms with van der Waals surface area (Å²) in [6.07, 6.45) is 2.86. The first-order valence-corrected chi connectivity index (χ1v) is 9.04. The van der Waals surface area contributed by atoms with Gasteiger partial charge in [-0.1, -0.05) is 61.7 Å². The van der Waals surface area contributed by atoms with Crippen molar-refractivity contribution >= 4 is 8.07 Å². The van der Waals surface area contributed by atoms with E-state index in [1.807, 2.05) is 6.07 Å². The summed E-state index contributed by atoms with van der Waals surface area (Å²) in [5.41, 5.74) is 3.66. The zero-order valence-electron chi connectivity index (χ0n) is 9.60. The standard InChI is InChI=1S/C13H18OSi/c1-15(2,3)10-9-12-13(14-12)11-7-5-4-6-8-11/h4-10,12-13H,1-3H3/b10-9+/t12-,13+/m1/s1. The van der Waals surface area contributed by atoms with Crippen molar-refractivity contribution in [3.05, 3.63) is 47.7 Å². The maximum absolute atomic E-state index is 5.63. The molecule has 0 bridgehead atoms. The molecule has 1 nitrogen and oxygen atoms in total. The van der Waals surface area contributed by atoms with Crippen LogP contribution in [-0.4, -0.2) is 14.2 Å². The lowest BCUT2D eigenvalue weighted by atomic mass is 10.1. The van der Waals surface area contributed by atoms with E-state index in [2.05, 4.69) is 55.7 Å². The number of epoxide rings is 1. The molecule has 1 aromatic rings. The minimum Gasteiger partial charge on any atom is -0.360 e. The van der Waals surface area contributed by atoms with Gasteiger partial charge in [-0.15, -0.1) is 0 Å². The molecule has 80 valence electrons. The van der Waals surface area contributed by atoms with Crippen LogP contribution >= 0.6 is 0 Å². The first-order valence-electron chi connectivity index (χ1n) is 5.46. The number of rotatable bonds is 3. The molecular formula is C13H18OSi. The van der Waals surface area contributed by atoms with Crippen LogP contribution in [-0.2, 0) is 4.74 Å². The van der Waals surface area contributed by atoms with E-state index in [9.17, 15) is 0 Å². The summed E-state index contributed by atoms with van der Waals surface area (Å²) in [5, 5.41) is 0. The topological polar surface area (TPSA) is 12.5 Å². The van der Waals surface area contributed by atoms with Gasteiger partial charge in [0, 0.05) is 0 Å². The van der Waals surface area contributed by atoms with Crippen LogP contribution in [0.3, 0.4) is 0 Å². The van der Waals surface area contributed by atoms with Gasteiger partial charge in [-0.3, -0.25) is 0 Å². The normalized spacial score (nSPS) is 25.8. The van der Waals surface area contributed by atoms with Crippen molar-refractivity contribution in [3.63, 3.8) is 0 Å². The highest BCUT2D eigenvalue weighted by atomic mass is 28.3. The Labute approximate surface area is 92.8 Å². The maximum Gasteiger partial charge on any atom is 0.113 e. The van der Waals surface area contributed by atoms with Gasteiger partial charge in [0.05, 0.1) is 8.07 Å². The van der Waals surface area contributed by atoms with Gasteiger partial charge in [-0.25, -0.2) is 0 Å². The fourth-order valence-corrected chi connectivity index (χ4v) is 2.33. The van der Waals surface area contributed by atoms with Crippen LogP contribution in [0.5, 0.6) is 0 Å². The largest absolute Gasteiger partial charge is 0.360 e. The lowest BCUT2D eigenvalue weighted by Gasteiger charge is -2.06. The van der Waals surface area contributed by atoms with Crippen LogP contribution in [0.4, 0.5) is 0 Å². The summed E-state index contributed by atoms with van der Waals surface area (Å²) < 4.78 is 5.63. The fourth-order valence-electron chi connectivity index (χ4n) is 1.56. The molecule has 0 radical (unpaired) electrons. The van der Waals surface area contributed by atoms with Crippen LogP contribution in [0.2, 0.25) is 19.6 Å². The molecular weight excluding hydrogens is 200 g/mol. The molecule has 0 unspecified atom stereocenters. The SMILES string of the molecule is C[Si](C)(C)/C=C/[C@H]1O[C@H]1c1ccccc1. The number of hydrogen-bond acceptors (Lipinski definition) is 1. The van der Waals surface area contributed by atoms with E-state index >= 15 is 0 Å². The van der Waals surface area contributed by atoms with E-state index in [1.54, 1.807) is 0 Å². The highest BCUT2D eigenvalue weighted by Crippen LogP contribution is 2.39. The van der Waals surface area contributed by atoms with E-state index in [1.165, 1.54) is 5.56 Å². The second-order valence-electron chi connectivity index (χ2n) is 5.16. The first kappa shape index (κ1) is 10.6. The molecule has 1 heterocycles. The van der Waals surface area contributed by atoms with Gasteiger partial charge < -0.3 is 4.74 Å². The van der Waals surface area contributed by atoms with Gasteiger partial charge in [0.25, 0.3) is 0 Å². The summed E-state index contributed by atoms with van der Waals surface area (Å²) in [6, 6.07) is 10.4. The third-order valence-corrected chi connectivity index (χ3v) is 3.63. The smallest absolute Gasteiger partial charge is 0.113 e. The van der Waals surface area contributed by atoms with Crippen LogP contribution in [0, 0.1) is 0 Å². The van der Waals surface area contributed by atoms with E-state index in [4.69, 9.17) is 4.74 Å². The van der Waals surface area contributed by atoms with Gasteiger partial charge in [0.1, 0.15) is 12.2 Å². The number of hydrogen-bond donors (Lipinski definition) is 0. The van der Waals surface area contributed by atoms with Crippen LogP contribution in [0.25, 0.3) is 0 Å². The van der Waals surface area contributed by atoms with Gasteiger partial charge in [-0.2, -0.15) is 0 Å². The third kappa shape index (κ3) is 3.04. The van der Waals surface area contributed by atoms with Crippen molar-refractivity contribution in [2.24, 2.45) is 0 Å². The van der Waals surface area contributed by atoms with Crippen LogP contribution in [0.15, 0.2) is 42.1 Å². The Kier molecular flexibility index (Phi) is 2.80. The molecule has 0 amide bonds. The number of ether oxygens (including phenoxy) is 1. The van der Waals surface area contributed by atoms with E-state index < -0.39 is 8.07 Å². The Morgan fingerprint density at radius 3 is 2.40 bits per heavy atom. The summed E-state index contributed by atoms with van der Waals surface area (Å²) in [4.78, 5) is 0. The molecule has 0 aromatic heterocycles. The quantitative estimate of drug-likeness (QED) is 0.558. The molecule has 1 aliphatic rings. The maximum atomic E-state index is 5.63.